The van der Waals surface area contributed by atoms with Gasteiger partial charge in [0.15, 0.2) is 0 Å². The number of ether oxygens (including phenoxy) is 3. The van der Waals surface area contributed by atoms with Crippen LogP contribution >= 0.6 is 0 Å². The summed E-state index contributed by atoms with van der Waals surface area (Å²) in [4.78, 5) is 4.02. The molecule has 0 atom stereocenters. The van der Waals surface area contributed by atoms with Crippen LogP contribution in [0.15, 0.2) is 18.3 Å². The molecule has 0 saturated heterocycles. The second kappa shape index (κ2) is 5.37. The van der Waals surface area contributed by atoms with Crippen LogP contribution in [0.2, 0.25) is 0 Å². The molecule has 1 heterocycles. The average Bonchev–Trinajstić information content (AvgIpc) is 2.19. The highest BCUT2D eigenvalue weighted by Gasteiger charge is 1.95. The summed E-state index contributed by atoms with van der Waals surface area (Å²) in [6.07, 6.45) is 1.61. The molecule has 1 aromatic rings. The molecule has 1 rings (SSSR count). The van der Waals surface area contributed by atoms with Crippen molar-refractivity contribution in [2.24, 2.45) is 0 Å². The van der Waals surface area contributed by atoms with E-state index in [1.54, 1.807) is 32.5 Å². The van der Waals surface area contributed by atoms with Gasteiger partial charge >= 0.3 is 0 Å². The second-order valence-corrected chi connectivity index (χ2v) is 2.38. The van der Waals surface area contributed by atoms with Gasteiger partial charge in [0.2, 0.25) is 5.88 Å². The predicted molar refractivity (Wildman–Crippen MR) is 48.2 cm³/mol. The Hall–Kier alpha value is -1.29. The van der Waals surface area contributed by atoms with Gasteiger partial charge in [0.05, 0.1) is 19.9 Å². The molecule has 0 N–H and O–H groups in total. The summed E-state index contributed by atoms with van der Waals surface area (Å²) in [6.45, 7) is 1.07. The van der Waals surface area contributed by atoms with Crippen molar-refractivity contribution in [1.29, 1.82) is 0 Å². The van der Waals surface area contributed by atoms with Crippen LogP contribution in [0, 0.1) is 0 Å². The average molecular weight is 183 g/mol. The fourth-order valence-electron chi connectivity index (χ4n) is 0.802. The SMILES string of the molecule is COCCOc1ccc(OC)cn1. The minimum Gasteiger partial charge on any atom is -0.495 e. The zero-order valence-corrected chi connectivity index (χ0v) is 7.82. The van der Waals surface area contributed by atoms with E-state index in [1.807, 2.05) is 0 Å². The Morgan fingerprint density at radius 1 is 1.23 bits per heavy atom. The van der Waals surface area contributed by atoms with Gasteiger partial charge in [0.1, 0.15) is 12.4 Å². The monoisotopic (exact) mass is 183 g/mol. The normalized spacial score (nSPS) is 9.69. The Morgan fingerprint density at radius 3 is 2.62 bits per heavy atom. The summed E-state index contributed by atoms with van der Waals surface area (Å²) in [5, 5.41) is 0. The molecule has 0 aliphatic carbocycles. The lowest BCUT2D eigenvalue weighted by Crippen LogP contribution is -2.05. The zero-order chi connectivity index (χ0) is 9.52. The fourth-order valence-corrected chi connectivity index (χ4v) is 0.802. The van der Waals surface area contributed by atoms with Crippen molar-refractivity contribution < 1.29 is 14.2 Å². The molecular weight excluding hydrogens is 170 g/mol. The number of rotatable bonds is 5. The van der Waals surface area contributed by atoms with E-state index in [0.717, 1.165) is 5.75 Å². The third-order valence-corrected chi connectivity index (χ3v) is 1.48. The first kappa shape index (κ1) is 9.80. The number of nitrogens with zero attached hydrogens (tertiary/aromatic N) is 1. The highest BCUT2D eigenvalue weighted by molar-refractivity contribution is 5.22. The van der Waals surface area contributed by atoms with Crippen LogP contribution in [0.1, 0.15) is 0 Å². The maximum atomic E-state index is 5.25. The van der Waals surface area contributed by atoms with Crippen molar-refractivity contribution in [1.82, 2.24) is 4.98 Å². The number of hydrogen-bond acceptors (Lipinski definition) is 4. The summed E-state index contributed by atoms with van der Waals surface area (Å²) in [7, 11) is 3.23. The van der Waals surface area contributed by atoms with Crippen LogP contribution in [0.25, 0.3) is 0 Å². The van der Waals surface area contributed by atoms with Crippen LogP contribution in [0.4, 0.5) is 0 Å². The van der Waals surface area contributed by atoms with E-state index in [2.05, 4.69) is 4.98 Å². The van der Waals surface area contributed by atoms with Gasteiger partial charge in [-0.2, -0.15) is 0 Å². The summed E-state index contributed by atoms with van der Waals surface area (Å²) in [6, 6.07) is 3.56. The van der Waals surface area contributed by atoms with E-state index < -0.39 is 0 Å². The Morgan fingerprint density at radius 2 is 2.08 bits per heavy atom. The van der Waals surface area contributed by atoms with Crippen LogP contribution in [0.5, 0.6) is 11.6 Å². The van der Waals surface area contributed by atoms with Gasteiger partial charge in [-0.15, -0.1) is 0 Å². The van der Waals surface area contributed by atoms with Gasteiger partial charge in [-0.1, -0.05) is 0 Å². The maximum absolute atomic E-state index is 5.25. The lowest BCUT2D eigenvalue weighted by molar-refractivity contribution is 0.143. The van der Waals surface area contributed by atoms with Crippen LogP contribution < -0.4 is 9.47 Å². The number of pyridine rings is 1. The minimum atomic E-state index is 0.510. The Balaban J connectivity index is 2.40. The molecule has 0 aromatic carbocycles. The Kier molecular flexibility index (Phi) is 4.05. The highest BCUT2D eigenvalue weighted by atomic mass is 16.5. The summed E-state index contributed by atoms with van der Waals surface area (Å²) in [5.41, 5.74) is 0. The lowest BCUT2D eigenvalue weighted by atomic mass is 10.4. The van der Waals surface area contributed by atoms with Gasteiger partial charge in [-0.25, -0.2) is 4.98 Å². The van der Waals surface area contributed by atoms with Gasteiger partial charge in [0.25, 0.3) is 0 Å². The molecule has 0 aliphatic heterocycles. The molecule has 72 valence electrons. The lowest BCUT2D eigenvalue weighted by Gasteiger charge is -2.04. The molecule has 0 spiro atoms. The molecule has 0 amide bonds. The molecule has 0 radical (unpaired) electrons. The van der Waals surface area contributed by atoms with Crippen molar-refractivity contribution in [3.8, 4) is 11.6 Å². The smallest absolute Gasteiger partial charge is 0.213 e. The van der Waals surface area contributed by atoms with Gasteiger partial charge in [-0.3, -0.25) is 0 Å². The van der Waals surface area contributed by atoms with E-state index in [-0.39, 0.29) is 0 Å². The summed E-state index contributed by atoms with van der Waals surface area (Å²) in [5.74, 6) is 1.30. The molecule has 0 bridgehead atoms. The van der Waals surface area contributed by atoms with Crippen molar-refractivity contribution in [3.63, 3.8) is 0 Å². The van der Waals surface area contributed by atoms with Gasteiger partial charge in [-0.05, 0) is 6.07 Å². The minimum absolute atomic E-state index is 0.510. The molecule has 0 unspecified atom stereocenters. The molecular formula is C9H13NO3. The third-order valence-electron chi connectivity index (χ3n) is 1.48. The van der Waals surface area contributed by atoms with Crippen LogP contribution in [0.3, 0.4) is 0 Å². The van der Waals surface area contributed by atoms with E-state index in [4.69, 9.17) is 14.2 Å². The molecule has 4 nitrogen and oxygen atoms in total. The second-order valence-electron chi connectivity index (χ2n) is 2.38. The fraction of sp³-hybridized carbons (Fsp3) is 0.444. The Labute approximate surface area is 77.5 Å². The maximum Gasteiger partial charge on any atom is 0.213 e. The van der Waals surface area contributed by atoms with E-state index >= 15 is 0 Å². The number of methoxy groups -OCH3 is 2. The molecule has 1 aromatic heterocycles. The van der Waals surface area contributed by atoms with Crippen molar-refractivity contribution in [2.75, 3.05) is 27.4 Å². The van der Waals surface area contributed by atoms with Crippen molar-refractivity contribution >= 4 is 0 Å². The number of aromatic nitrogens is 1. The highest BCUT2D eigenvalue weighted by Crippen LogP contribution is 2.12. The zero-order valence-electron chi connectivity index (χ0n) is 7.82. The predicted octanol–water partition coefficient (Wildman–Crippen LogP) is 1.12. The first-order valence-electron chi connectivity index (χ1n) is 3.98. The molecule has 4 heteroatoms. The molecule has 13 heavy (non-hydrogen) atoms. The van der Waals surface area contributed by atoms with E-state index in [9.17, 15) is 0 Å². The van der Waals surface area contributed by atoms with Crippen LogP contribution in [-0.4, -0.2) is 32.4 Å². The van der Waals surface area contributed by atoms with E-state index in [1.165, 1.54) is 0 Å². The van der Waals surface area contributed by atoms with Crippen molar-refractivity contribution in [2.45, 2.75) is 0 Å². The first-order valence-corrected chi connectivity index (χ1v) is 3.98. The largest absolute Gasteiger partial charge is 0.495 e. The van der Waals surface area contributed by atoms with Crippen molar-refractivity contribution in [3.05, 3.63) is 18.3 Å². The molecule has 0 fully saturated rings. The number of hydrogen-bond donors (Lipinski definition) is 0. The Bertz CT molecular complexity index is 235. The van der Waals surface area contributed by atoms with Crippen LogP contribution in [-0.2, 0) is 4.74 Å². The molecule has 0 saturated carbocycles. The quantitative estimate of drug-likeness (QED) is 0.641. The first-order chi connectivity index (χ1) is 6.36. The van der Waals surface area contributed by atoms with Gasteiger partial charge < -0.3 is 14.2 Å². The standard InChI is InChI=1S/C9H13NO3/c1-11-5-6-13-9-4-3-8(12-2)7-10-9/h3-4,7H,5-6H2,1-2H3. The van der Waals surface area contributed by atoms with Gasteiger partial charge in [0, 0.05) is 13.2 Å². The molecule has 0 aliphatic rings. The topological polar surface area (TPSA) is 40.6 Å². The third kappa shape index (κ3) is 3.29. The summed E-state index contributed by atoms with van der Waals surface area (Å²) >= 11 is 0. The van der Waals surface area contributed by atoms with E-state index in [0.29, 0.717) is 19.1 Å². The summed E-state index contributed by atoms with van der Waals surface area (Å²) < 4.78 is 15.0.